The Labute approximate surface area is 166 Å². The third-order valence-corrected chi connectivity index (χ3v) is 3.84. The number of para-hydroxylation sites is 2. The molecule has 0 fully saturated rings. The van der Waals surface area contributed by atoms with E-state index >= 15 is 0 Å². The van der Waals surface area contributed by atoms with E-state index in [1.54, 1.807) is 54.6 Å². The quantitative estimate of drug-likeness (QED) is 0.296. The predicted octanol–water partition coefficient (Wildman–Crippen LogP) is 4.05. The van der Waals surface area contributed by atoms with E-state index in [0.717, 1.165) is 0 Å². The summed E-state index contributed by atoms with van der Waals surface area (Å²) < 4.78 is 15.3. The Morgan fingerprint density at radius 3 is 2.48 bits per heavy atom. The van der Waals surface area contributed by atoms with Gasteiger partial charge in [-0.25, -0.2) is 4.79 Å². The van der Waals surface area contributed by atoms with Crippen molar-refractivity contribution in [1.29, 1.82) is 5.26 Å². The Bertz CT molecular complexity index is 1080. The van der Waals surface area contributed by atoms with Gasteiger partial charge in [0.2, 0.25) is 5.76 Å². The second kappa shape index (κ2) is 9.06. The van der Waals surface area contributed by atoms with Crippen LogP contribution in [0.3, 0.4) is 0 Å². The van der Waals surface area contributed by atoms with E-state index in [9.17, 15) is 14.9 Å². The molecule has 1 aromatic heterocycles. The number of nitrogens with one attached hydrogen (secondary N) is 1. The summed E-state index contributed by atoms with van der Waals surface area (Å²) in [4.78, 5) is 24.3. The highest BCUT2D eigenvalue weighted by Crippen LogP contribution is 2.24. The molecule has 2 aromatic carbocycles. The van der Waals surface area contributed by atoms with Gasteiger partial charge in [-0.15, -0.1) is 0 Å². The average molecular weight is 388 g/mol. The van der Waals surface area contributed by atoms with Crippen LogP contribution in [-0.2, 0) is 4.79 Å². The van der Waals surface area contributed by atoms with Gasteiger partial charge < -0.3 is 19.2 Å². The number of methoxy groups -OCH3 is 1. The molecule has 0 bridgehead atoms. The lowest BCUT2D eigenvalue weighted by Gasteiger charge is -2.09. The molecule has 7 nitrogen and oxygen atoms in total. The van der Waals surface area contributed by atoms with Crippen molar-refractivity contribution >= 4 is 23.6 Å². The summed E-state index contributed by atoms with van der Waals surface area (Å²) in [6.07, 6.45) is 2.81. The lowest BCUT2D eigenvalue weighted by molar-refractivity contribution is -0.112. The number of anilines is 1. The molecule has 0 aliphatic rings. The Morgan fingerprint density at radius 1 is 1.07 bits per heavy atom. The lowest BCUT2D eigenvalue weighted by atomic mass is 10.1. The maximum Gasteiger partial charge on any atom is 0.379 e. The van der Waals surface area contributed by atoms with E-state index in [-0.39, 0.29) is 11.3 Å². The summed E-state index contributed by atoms with van der Waals surface area (Å²) >= 11 is 0. The number of hydrogen-bond donors (Lipinski definition) is 1. The monoisotopic (exact) mass is 388 g/mol. The molecule has 0 radical (unpaired) electrons. The summed E-state index contributed by atoms with van der Waals surface area (Å²) in [5.74, 6) is -0.298. The van der Waals surface area contributed by atoms with Gasteiger partial charge in [-0.2, -0.15) is 5.26 Å². The molecular weight excluding hydrogens is 372 g/mol. The molecule has 3 rings (SSSR count). The predicted molar refractivity (Wildman–Crippen MR) is 105 cm³/mol. The Morgan fingerprint density at radius 2 is 1.83 bits per heavy atom. The van der Waals surface area contributed by atoms with Crippen molar-refractivity contribution < 1.29 is 23.5 Å². The van der Waals surface area contributed by atoms with Gasteiger partial charge in [0.15, 0.2) is 0 Å². The standard InChI is InChI=1S/C22H16N2O5/c1-27-19-6-3-2-5-18(19)24-21(25)16(14-23)13-15-8-10-17(11-9-15)29-22(26)20-7-4-12-28-20/h2-13H,1H3,(H,24,25)/b16-13+. The third kappa shape index (κ3) is 4.90. The fraction of sp³-hybridized carbons (Fsp3) is 0.0455. The van der Waals surface area contributed by atoms with Crippen LogP contribution in [0.1, 0.15) is 16.1 Å². The summed E-state index contributed by atoms with van der Waals surface area (Å²) in [6.45, 7) is 0. The number of carbonyl (C=O) groups excluding carboxylic acids is 2. The molecule has 3 aromatic rings. The number of benzene rings is 2. The number of nitriles is 1. The first-order valence-electron chi connectivity index (χ1n) is 8.52. The fourth-order valence-electron chi connectivity index (χ4n) is 2.44. The number of rotatable bonds is 6. The normalized spacial score (nSPS) is 10.7. The number of ether oxygens (including phenoxy) is 2. The molecule has 0 unspecified atom stereocenters. The highest BCUT2D eigenvalue weighted by Gasteiger charge is 2.13. The van der Waals surface area contributed by atoms with Gasteiger partial charge >= 0.3 is 5.97 Å². The van der Waals surface area contributed by atoms with Crippen LogP contribution in [0.2, 0.25) is 0 Å². The summed E-state index contributed by atoms with van der Waals surface area (Å²) in [7, 11) is 1.49. The molecule has 1 amide bonds. The SMILES string of the molecule is COc1ccccc1NC(=O)/C(C#N)=C/c1ccc(OC(=O)c2ccco2)cc1. The van der Waals surface area contributed by atoms with Gasteiger partial charge in [-0.3, -0.25) is 4.79 Å². The van der Waals surface area contributed by atoms with Crippen LogP contribution in [-0.4, -0.2) is 19.0 Å². The minimum absolute atomic E-state index is 0.0868. The molecule has 1 heterocycles. The van der Waals surface area contributed by atoms with Gasteiger partial charge in [0.1, 0.15) is 23.1 Å². The van der Waals surface area contributed by atoms with E-state index in [0.29, 0.717) is 22.7 Å². The van der Waals surface area contributed by atoms with Crippen LogP contribution in [0.4, 0.5) is 5.69 Å². The van der Waals surface area contributed by atoms with Crippen molar-refractivity contribution in [2.75, 3.05) is 12.4 Å². The van der Waals surface area contributed by atoms with Crippen molar-refractivity contribution in [3.63, 3.8) is 0 Å². The minimum Gasteiger partial charge on any atom is -0.495 e. The van der Waals surface area contributed by atoms with E-state index < -0.39 is 11.9 Å². The zero-order chi connectivity index (χ0) is 20.6. The summed E-state index contributed by atoms with van der Waals surface area (Å²) in [5.41, 5.74) is 0.965. The maximum atomic E-state index is 12.4. The van der Waals surface area contributed by atoms with Crippen LogP contribution >= 0.6 is 0 Å². The molecular formula is C22H16N2O5. The number of nitrogens with zero attached hydrogens (tertiary/aromatic N) is 1. The van der Waals surface area contributed by atoms with E-state index in [1.165, 1.54) is 25.5 Å². The van der Waals surface area contributed by atoms with Crippen molar-refractivity contribution in [1.82, 2.24) is 0 Å². The van der Waals surface area contributed by atoms with Gasteiger partial charge in [-0.1, -0.05) is 24.3 Å². The summed E-state index contributed by atoms with van der Waals surface area (Å²) in [5, 5.41) is 12.0. The summed E-state index contributed by atoms with van der Waals surface area (Å²) in [6, 6.07) is 18.2. The highest BCUT2D eigenvalue weighted by atomic mass is 16.5. The van der Waals surface area contributed by atoms with Crippen LogP contribution in [0, 0.1) is 11.3 Å². The van der Waals surface area contributed by atoms with Crippen LogP contribution in [0.25, 0.3) is 6.08 Å². The van der Waals surface area contributed by atoms with Crippen LogP contribution < -0.4 is 14.8 Å². The van der Waals surface area contributed by atoms with E-state index in [1.807, 2.05) is 6.07 Å². The second-order valence-electron chi connectivity index (χ2n) is 5.76. The molecule has 144 valence electrons. The number of esters is 1. The minimum atomic E-state index is -0.618. The average Bonchev–Trinajstić information content (AvgIpc) is 3.28. The largest absolute Gasteiger partial charge is 0.495 e. The molecule has 0 saturated heterocycles. The Balaban J connectivity index is 1.71. The second-order valence-corrected chi connectivity index (χ2v) is 5.76. The van der Waals surface area contributed by atoms with E-state index in [2.05, 4.69) is 5.32 Å². The first-order valence-corrected chi connectivity index (χ1v) is 8.52. The highest BCUT2D eigenvalue weighted by molar-refractivity contribution is 6.10. The zero-order valence-corrected chi connectivity index (χ0v) is 15.4. The maximum absolute atomic E-state index is 12.4. The molecule has 0 atom stereocenters. The van der Waals surface area contributed by atoms with Crippen molar-refractivity contribution in [2.24, 2.45) is 0 Å². The van der Waals surface area contributed by atoms with Crippen molar-refractivity contribution in [3.05, 3.63) is 83.8 Å². The number of carbonyl (C=O) groups is 2. The third-order valence-electron chi connectivity index (χ3n) is 3.84. The lowest BCUT2D eigenvalue weighted by Crippen LogP contribution is -2.14. The van der Waals surface area contributed by atoms with Gasteiger partial charge in [0.05, 0.1) is 19.1 Å². The number of amides is 1. The number of furan rings is 1. The molecule has 0 aliphatic heterocycles. The topological polar surface area (TPSA) is 102 Å². The molecule has 1 N–H and O–H groups in total. The Kier molecular flexibility index (Phi) is 6.08. The first-order chi connectivity index (χ1) is 14.1. The van der Waals surface area contributed by atoms with Crippen LogP contribution in [0.5, 0.6) is 11.5 Å². The zero-order valence-electron chi connectivity index (χ0n) is 15.4. The molecule has 0 saturated carbocycles. The first kappa shape index (κ1) is 19.5. The van der Waals surface area contributed by atoms with Gasteiger partial charge in [0.25, 0.3) is 5.91 Å². The fourth-order valence-corrected chi connectivity index (χ4v) is 2.44. The van der Waals surface area contributed by atoms with E-state index in [4.69, 9.17) is 13.9 Å². The molecule has 29 heavy (non-hydrogen) atoms. The van der Waals surface area contributed by atoms with Gasteiger partial charge in [0, 0.05) is 0 Å². The van der Waals surface area contributed by atoms with Gasteiger partial charge in [-0.05, 0) is 48.0 Å². The smallest absolute Gasteiger partial charge is 0.379 e. The van der Waals surface area contributed by atoms with Crippen molar-refractivity contribution in [3.8, 4) is 17.6 Å². The van der Waals surface area contributed by atoms with Crippen molar-refractivity contribution in [2.45, 2.75) is 0 Å². The molecule has 0 aliphatic carbocycles. The Hall–Kier alpha value is -4.31. The van der Waals surface area contributed by atoms with Crippen LogP contribution in [0.15, 0.2) is 76.9 Å². The number of hydrogen-bond acceptors (Lipinski definition) is 6. The molecule has 7 heteroatoms. The molecule has 0 spiro atoms.